The number of benzene rings is 3. The average Bonchev–Trinajstić information content (AvgIpc) is 2.97. The van der Waals surface area contributed by atoms with Gasteiger partial charge in [-0.3, -0.25) is 0 Å². The Morgan fingerprint density at radius 1 is 0.767 bits per heavy atom. The summed E-state index contributed by atoms with van der Waals surface area (Å²) in [6, 6.07) is 24.7. The van der Waals surface area contributed by atoms with Crippen LogP contribution in [0.4, 0.5) is 5.82 Å². The second-order valence-electron chi connectivity index (χ2n) is 7.51. The van der Waals surface area contributed by atoms with E-state index in [9.17, 15) is 0 Å². The van der Waals surface area contributed by atoms with E-state index in [1.807, 2.05) is 28.9 Å². The first-order valence-corrected chi connectivity index (χ1v) is 10.9. The van der Waals surface area contributed by atoms with Gasteiger partial charge in [-0.25, -0.2) is 4.68 Å². The lowest BCUT2D eigenvalue weighted by Crippen LogP contribution is -2.07. The third-order valence-corrected chi connectivity index (χ3v) is 6.28. The van der Waals surface area contributed by atoms with Crippen molar-refractivity contribution in [3.8, 4) is 28.1 Å². The lowest BCUT2D eigenvalue weighted by atomic mass is 10.00. The molecule has 0 radical (unpaired) electrons. The van der Waals surface area contributed by atoms with Crippen LogP contribution in [0.25, 0.3) is 28.1 Å². The standard InChI is InChI=1S/C25H21Cl2N3/c26-22-14-13-20(16-23(22)27)30-25-21(8-4-5-15-28-25)24(29-30)19-11-9-18(10-12-19)17-6-2-1-3-7-17/h1-3,6-7,9-14,16,28H,4-5,8,15H2. The van der Waals surface area contributed by atoms with E-state index in [2.05, 4.69) is 53.8 Å². The number of hydrogen-bond acceptors (Lipinski definition) is 2. The molecule has 0 aliphatic carbocycles. The third kappa shape index (κ3) is 3.60. The van der Waals surface area contributed by atoms with Crippen LogP contribution in [0.15, 0.2) is 72.8 Å². The second kappa shape index (κ2) is 8.17. The zero-order chi connectivity index (χ0) is 20.5. The Labute approximate surface area is 186 Å². The largest absolute Gasteiger partial charge is 0.370 e. The minimum absolute atomic E-state index is 0.529. The SMILES string of the molecule is Clc1ccc(-n2nc(-c3ccc(-c4ccccc4)cc3)c3c2NCCCC3)cc1Cl. The van der Waals surface area contributed by atoms with Crippen LogP contribution in [0.5, 0.6) is 0 Å². The fourth-order valence-corrected chi connectivity index (χ4v) is 4.28. The molecule has 1 aliphatic rings. The number of anilines is 1. The van der Waals surface area contributed by atoms with Gasteiger partial charge in [-0.15, -0.1) is 0 Å². The second-order valence-corrected chi connectivity index (χ2v) is 8.33. The van der Waals surface area contributed by atoms with E-state index >= 15 is 0 Å². The van der Waals surface area contributed by atoms with E-state index < -0.39 is 0 Å². The molecule has 1 aliphatic heterocycles. The minimum atomic E-state index is 0.529. The molecular weight excluding hydrogens is 413 g/mol. The molecule has 5 rings (SSSR count). The molecule has 150 valence electrons. The molecule has 0 fully saturated rings. The average molecular weight is 434 g/mol. The summed E-state index contributed by atoms with van der Waals surface area (Å²) >= 11 is 12.4. The molecule has 3 nitrogen and oxygen atoms in total. The first kappa shape index (κ1) is 19.2. The molecular formula is C25H21Cl2N3. The van der Waals surface area contributed by atoms with Crippen molar-refractivity contribution < 1.29 is 0 Å². The van der Waals surface area contributed by atoms with Crippen LogP contribution in [0.1, 0.15) is 18.4 Å². The molecule has 0 unspecified atom stereocenters. The number of aromatic nitrogens is 2. The number of halogens is 2. The molecule has 0 amide bonds. The number of hydrogen-bond donors (Lipinski definition) is 1. The van der Waals surface area contributed by atoms with Gasteiger partial charge in [-0.2, -0.15) is 5.10 Å². The fraction of sp³-hybridized carbons (Fsp3) is 0.160. The van der Waals surface area contributed by atoms with Gasteiger partial charge in [0.15, 0.2) is 0 Å². The monoisotopic (exact) mass is 433 g/mol. The van der Waals surface area contributed by atoms with Gasteiger partial charge in [0.1, 0.15) is 5.82 Å². The fourth-order valence-electron chi connectivity index (χ4n) is 3.99. The maximum atomic E-state index is 6.29. The van der Waals surface area contributed by atoms with Crippen LogP contribution in [-0.4, -0.2) is 16.3 Å². The van der Waals surface area contributed by atoms with Gasteiger partial charge in [0.2, 0.25) is 0 Å². The Bertz CT molecular complexity index is 1180. The molecule has 0 saturated carbocycles. The van der Waals surface area contributed by atoms with Gasteiger partial charge in [-0.1, -0.05) is 77.8 Å². The zero-order valence-electron chi connectivity index (χ0n) is 16.4. The Kier molecular flexibility index (Phi) is 5.24. The van der Waals surface area contributed by atoms with Crippen molar-refractivity contribution in [3.63, 3.8) is 0 Å². The maximum absolute atomic E-state index is 6.29. The first-order chi connectivity index (χ1) is 14.7. The number of rotatable bonds is 3. The van der Waals surface area contributed by atoms with Crippen molar-refractivity contribution in [1.29, 1.82) is 0 Å². The molecule has 0 atom stereocenters. The van der Waals surface area contributed by atoms with Gasteiger partial charge in [-0.05, 0) is 48.6 Å². The van der Waals surface area contributed by atoms with Crippen molar-refractivity contribution in [3.05, 3.63) is 88.4 Å². The van der Waals surface area contributed by atoms with Gasteiger partial charge in [0.05, 0.1) is 21.4 Å². The number of nitrogens with one attached hydrogen (secondary N) is 1. The van der Waals surface area contributed by atoms with E-state index in [-0.39, 0.29) is 0 Å². The van der Waals surface area contributed by atoms with Crippen molar-refractivity contribution in [2.75, 3.05) is 11.9 Å². The lowest BCUT2D eigenvalue weighted by molar-refractivity contribution is 0.780. The maximum Gasteiger partial charge on any atom is 0.133 e. The molecule has 0 spiro atoms. The molecule has 0 bridgehead atoms. The van der Waals surface area contributed by atoms with Gasteiger partial charge < -0.3 is 5.32 Å². The molecule has 2 heterocycles. The first-order valence-electron chi connectivity index (χ1n) is 10.2. The highest BCUT2D eigenvalue weighted by atomic mass is 35.5. The summed E-state index contributed by atoms with van der Waals surface area (Å²) in [5.74, 6) is 1.05. The van der Waals surface area contributed by atoms with Crippen molar-refractivity contribution in [1.82, 2.24) is 9.78 Å². The summed E-state index contributed by atoms with van der Waals surface area (Å²) in [7, 11) is 0. The highest BCUT2D eigenvalue weighted by Crippen LogP contribution is 2.36. The predicted molar refractivity (Wildman–Crippen MR) is 126 cm³/mol. The normalized spacial score (nSPS) is 13.4. The van der Waals surface area contributed by atoms with Crippen LogP contribution in [0, 0.1) is 0 Å². The van der Waals surface area contributed by atoms with Crippen LogP contribution < -0.4 is 5.32 Å². The predicted octanol–water partition coefficient (Wildman–Crippen LogP) is 7.26. The topological polar surface area (TPSA) is 29.9 Å². The van der Waals surface area contributed by atoms with E-state index in [1.165, 1.54) is 16.7 Å². The minimum Gasteiger partial charge on any atom is -0.370 e. The summed E-state index contributed by atoms with van der Waals surface area (Å²) in [6.45, 7) is 0.937. The lowest BCUT2D eigenvalue weighted by Gasteiger charge is -2.10. The summed E-state index contributed by atoms with van der Waals surface area (Å²) < 4.78 is 1.96. The van der Waals surface area contributed by atoms with E-state index in [0.29, 0.717) is 10.0 Å². The Hall–Kier alpha value is -2.75. The Morgan fingerprint density at radius 2 is 1.50 bits per heavy atom. The van der Waals surface area contributed by atoms with Crippen LogP contribution >= 0.6 is 23.2 Å². The molecule has 4 aromatic rings. The van der Waals surface area contributed by atoms with Crippen molar-refractivity contribution in [2.24, 2.45) is 0 Å². The molecule has 30 heavy (non-hydrogen) atoms. The van der Waals surface area contributed by atoms with Crippen LogP contribution in [0.3, 0.4) is 0 Å². The van der Waals surface area contributed by atoms with Gasteiger partial charge in [0, 0.05) is 17.7 Å². The molecule has 1 aromatic heterocycles. The summed E-state index contributed by atoms with van der Waals surface area (Å²) in [6.07, 6.45) is 3.28. The number of nitrogens with zero attached hydrogens (tertiary/aromatic N) is 2. The van der Waals surface area contributed by atoms with Crippen molar-refractivity contribution >= 4 is 29.0 Å². The van der Waals surface area contributed by atoms with Crippen LogP contribution in [-0.2, 0) is 6.42 Å². The van der Waals surface area contributed by atoms with Gasteiger partial charge in [0.25, 0.3) is 0 Å². The molecule has 0 saturated heterocycles. The highest BCUT2D eigenvalue weighted by molar-refractivity contribution is 6.42. The van der Waals surface area contributed by atoms with E-state index in [1.54, 1.807) is 0 Å². The van der Waals surface area contributed by atoms with Gasteiger partial charge >= 0.3 is 0 Å². The quantitative estimate of drug-likeness (QED) is 0.368. The number of fused-ring (bicyclic) bond motifs is 1. The zero-order valence-corrected chi connectivity index (χ0v) is 17.9. The van der Waals surface area contributed by atoms with E-state index in [0.717, 1.165) is 48.6 Å². The molecule has 3 aromatic carbocycles. The Balaban J connectivity index is 1.60. The third-order valence-electron chi connectivity index (χ3n) is 5.54. The summed E-state index contributed by atoms with van der Waals surface area (Å²) in [4.78, 5) is 0. The Morgan fingerprint density at radius 3 is 2.27 bits per heavy atom. The summed E-state index contributed by atoms with van der Waals surface area (Å²) in [5.41, 5.74) is 6.71. The molecule has 1 N–H and O–H groups in total. The van der Waals surface area contributed by atoms with Crippen molar-refractivity contribution in [2.45, 2.75) is 19.3 Å². The highest BCUT2D eigenvalue weighted by Gasteiger charge is 2.22. The van der Waals surface area contributed by atoms with E-state index in [4.69, 9.17) is 28.3 Å². The van der Waals surface area contributed by atoms with Crippen LogP contribution in [0.2, 0.25) is 10.0 Å². The molecule has 5 heteroatoms. The summed E-state index contributed by atoms with van der Waals surface area (Å²) in [5, 5.41) is 9.65. The smallest absolute Gasteiger partial charge is 0.133 e.